The Morgan fingerprint density at radius 2 is 1.66 bits per heavy atom. The molecule has 0 bridgehead atoms. The average molecular weight is 399 g/mol. The van der Waals surface area contributed by atoms with E-state index in [1.54, 1.807) is 12.1 Å². The number of para-hydroxylation sites is 1. The van der Waals surface area contributed by atoms with Crippen molar-refractivity contribution in [2.24, 2.45) is 5.92 Å². The smallest absolute Gasteiger partial charge is 0.326 e. The van der Waals surface area contributed by atoms with Crippen molar-refractivity contribution in [2.75, 3.05) is 5.32 Å². The summed E-state index contributed by atoms with van der Waals surface area (Å²) in [5.41, 5.74) is 0.333. The highest BCUT2D eigenvalue weighted by molar-refractivity contribution is 6.09. The van der Waals surface area contributed by atoms with Crippen LogP contribution < -0.4 is 10.6 Å². The summed E-state index contributed by atoms with van der Waals surface area (Å²) in [6, 6.07) is 10.2. The highest BCUT2D eigenvalue weighted by atomic mass is 16.6. The molecule has 0 heterocycles. The molecule has 2 amide bonds. The van der Waals surface area contributed by atoms with Gasteiger partial charge in [-0.05, 0) is 36.6 Å². The van der Waals surface area contributed by atoms with E-state index in [1.807, 2.05) is 13.8 Å². The molecule has 0 saturated carbocycles. The molecule has 2 aromatic carbocycles. The highest BCUT2D eigenvalue weighted by Crippen LogP contribution is 2.18. The van der Waals surface area contributed by atoms with E-state index < -0.39 is 28.7 Å². The second-order valence-corrected chi connectivity index (χ2v) is 6.80. The molecule has 2 rings (SSSR count). The molecule has 1 atom stereocenters. The topological polar surface area (TPSA) is 139 Å². The number of anilines is 1. The maximum absolute atomic E-state index is 12.6. The first kappa shape index (κ1) is 21.5. The third-order valence-electron chi connectivity index (χ3n) is 4.07. The van der Waals surface area contributed by atoms with Crippen LogP contribution in [0.3, 0.4) is 0 Å². The number of carboxylic acid groups (broad SMARTS) is 1. The molecule has 0 saturated heterocycles. The third-order valence-corrected chi connectivity index (χ3v) is 4.07. The van der Waals surface area contributed by atoms with Gasteiger partial charge >= 0.3 is 5.97 Å². The minimum absolute atomic E-state index is 0.0634. The number of non-ortho nitro benzene ring substituents is 1. The average Bonchev–Trinajstić information content (AvgIpc) is 2.67. The summed E-state index contributed by atoms with van der Waals surface area (Å²) < 4.78 is 0. The number of carboxylic acids is 1. The second kappa shape index (κ2) is 9.45. The zero-order valence-corrected chi connectivity index (χ0v) is 15.9. The molecular formula is C20H21N3O6. The molecule has 0 aliphatic carbocycles. The predicted molar refractivity (Wildman–Crippen MR) is 106 cm³/mol. The van der Waals surface area contributed by atoms with Crippen LogP contribution in [0.15, 0.2) is 48.5 Å². The molecule has 0 spiro atoms. The lowest BCUT2D eigenvalue weighted by molar-refractivity contribution is -0.384. The van der Waals surface area contributed by atoms with Gasteiger partial charge in [0.25, 0.3) is 17.5 Å². The van der Waals surface area contributed by atoms with Gasteiger partial charge in [-0.15, -0.1) is 0 Å². The van der Waals surface area contributed by atoms with Crippen LogP contribution in [-0.2, 0) is 4.79 Å². The second-order valence-electron chi connectivity index (χ2n) is 6.80. The first-order valence-electron chi connectivity index (χ1n) is 8.87. The van der Waals surface area contributed by atoms with Crippen molar-refractivity contribution in [3.63, 3.8) is 0 Å². The lowest BCUT2D eigenvalue weighted by Crippen LogP contribution is -2.41. The maximum atomic E-state index is 12.6. The number of aliphatic carboxylic acids is 1. The fourth-order valence-electron chi connectivity index (χ4n) is 2.65. The highest BCUT2D eigenvalue weighted by Gasteiger charge is 2.23. The van der Waals surface area contributed by atoms with Crippen molar-refractivity contribution in [3.05, 3.63) is 69.8 Å². The van der Waals surface area contributed by atoms with Crippen molar-refractivity contribution in [1.82, 2.24) is 5.32 Å². The van der Waals surface area contributed by atoms with Crippen LogP contribution in [0.25, 0.3) is 0 Å². The minimum atomic E-state index is -1.14. The standard InChI is InChI=1S/C20H21N3O6/c1-12(2)11-17(20(26)27)22-19(25)15-5-3-4-6-16(15)21-18(24)13-7-9-14(10-8-13)23(28)29/h3-10,12,17H,11H2,1-2H3,(H,21,24)(H,22,25)(H,26,27)/t17-/m0/s1. The van der Waals surface area contributed by atoms with Gasteiger partial charge in [-0.1, -0.05) is 26.0 Å². The van der Waals surface area contributed by atoms with Crippen LogP contribution in [-0.4, -0.2) is 33.9 Å². The molecule has 0 aliphatic heterocycles. The van der Waals surface area contributed by atoms with E-state index in [4.69, 9.17) is 0 Å². The van der Waals surface area contributed by atoms with Crippen LogP contribution in [0.2, 0.25) is 0 Å². The molecule has 0 radical (unpaired) electrons. The number of benzene rings is 2. The Morgan fingerprint density at radius 3 is 2.21 bits per heavy atom. The molecule has 29 heavy (non-hydrogen) atoms. The Kier molecular flexibility index (Phi) is 7.02. The van der Waals surface area contributed by atoms with Crippen LogP contribution in [0, 0.1) is 16.0 Å². The van der Waals surface area contributed by atoms with Gasteiger partial charge in [0.05, 0.1) is 16.2 Å². The maximum Gasteiger partial charge on any atom is 0.326 e. The zero-order chi connectivity index (χ0) is 21.6. The van der Waals surface area contributed by atoms with Crippen molar-refractivity contribution in [1.29, 1.82) is 0 Å². The van der Waals surface area contributed by atoms with Crippen LogP contribution >= 0.6 is 0 Å². The van der Waals surface area contributed by atoms with E-state index >= 15 is 0 Å². The Bertz CT molecular complexity index is 924. The quantitative estimate of drug-likeness (QED) is 0.460. The number of carbonyl (C=O) groups excluding carboxylic acids is 2. The van der Waals surface area contributed by atoms with Gasteiger partial charge in [-0.25, -0.2) is 4.79 Å². The number of nitro benzene ring substituents is 1. The first-order chi connectivity index (χ1) is 13.7. The molecule has 0 unspecified atom stereocenters. The van der Waals surface area contributed by atoms with Gasteiger partial charge in [-0.2, -0.15) is 0 Å². The van der Waals surface area contributed by atoms with E-state index in [9.17, 15) is 29.6 Å². The fourth-order valence-corrected chi connectivity index (χ4v) is 2.65. The SMILES string of the molecule is CC(C)C[C@H](NC(=O)c1ccccc1NC(=O)c1ccc([N+](=O)[O-])cc1)C(=O)O. The van der Waals surface area contributed by atoms with Gasteiger partial charge < -0.3 is 15.7 Å². The number of rotatable bonds is 8. The summed E-state index contributed by atoms with van der Waals surface area (Å²) in [5.74, 6) is -2.26. The molecule has 152 valence electrons. The molecule has 3 N–H and O–H groups in total. The van der Waals surface area contributed by atoms with Gasteiger partial charge in [0.2, 0.25) is 0 Å². The summed E-state index contributed by atoms with van der Waals surface area (Å²) in [7, 11) is 0. The number of hydrogen-bond acceptors (Lipinski definition) is 5. The summed E-state index contributed by atoms with van der Waals surface area (Å²) in [6.07, 6.45) is 0.262. The largest absolute Gasteiger partial charge is 0.480 e. The number of nitrogens with one attached hydrogen (secondary N) is 2. The zero-order valence-electron chi connectivity index (χ0n) is 15.9. The van der Waals surface area contributed by atoms with E-state index in [0.29, 0.717) is 0 Å². The van der Waals surface area contributed by atoms with Crippen molar-refractivity contribution in [2.45, 2.75) is 26.3 Å². The number of amides is 2. The third kappa shape index (κ3) is 5.86. The van der Waals surface area contributed by atoms with Gasteiger partial charge in [0, 0.05) is 17.7 Å². The van der Waals surface area contributed by atoms with Gasteiger partial charge in [0.15, 0.2) is 0 Å². The summed E-state index contributed by atoms with van der Waals surface area (Å²) in [6.45, 7) is 3.70. The fraction of sp³-hybridized carbons (Fsp3) is 0.250. The monoisotopic (exact) mass is 399 g/mol. The number of nitrogens with zero attached hydrogens (tertiary/aromatic N) is 1. The Balaban J connectivity index is 2.19. The predicted octanol–water partition coefficient (Wildman–Crippen LogP) is 3.08. The number of hydrogen-bond donors (Lipinski definition) is 3. The van der Waals surface area contributed by atoms with Crippen molar-refractivity contribution >= 4 is 29.2 Å². The van der Waals surface area contributed by atoms with E-state index in [-0.39, 0.29) is 34.8 Å². The van der Waals surface area contributed by atoms with Crippen LogP contribution in [0.4, 0.5) is 11.4 Å². The Hall–Kier alpha value is -3.75. The van der Waals surface area contributed by atoms with E-state index in [0.717, 1.165) is 0 Å². The molecule has 0 aliphatic rings. The molecule has 9 heteroatoms. The van der Waals surface area contributed by atoms with Gasteiger partial charge in [0.1, 0.15) is 6.04 Å². The van der Waals surface area contributed by atoms with Crippen molar-refractivity contribution in [3.8, 4) is 0 Å². The molecule has 0 aromatic heterocycles. The Labute approximate surface area is 166 Å². The Morgan fingerprint density at radius 1 is 1.03 bits per heavy atom. The molecule has 0 fully saturated rings. The summed E-state index contributed by atoms with van der Waals surface area (Å²) >= 11 is 0. The van der Waals surface area contributed by atoms with Crippen molar-refractivity contribution < 1.29 is 24.4 Å². The lowest BCUT2D eigenvalue weighted by atomic mass is 10.0. The van der Waals surface area contributed by atoms with Crippen LogP contribution in [0.1, 0.15) is 41.0 Å². The number of carbonyl (C=O) groups is 3. The summed E-state index contributed by atoms with van der Waals surface area (Å²) in [5, 5.41) is 25.1. The van der Waals surface area contributed by atoms with Crippen LogP contribution in [0.5, 0.6) is 0 Å². The number of nitro groups is 1. The van der Waals surface area contributed by atoms with E-state index in [1.165, 1.54) is 36.4 Å². The lowest BCUT2D eigenvalue weighted by Gasteiger charge is -2.18. The molecular weight excluding hydrogens is 378 g/mol. The normalized spacial score (nSPS) is 11.6. The molecule has 2 aromatic rings. The van der Waals surface area contributed by atoms with E-state index in [2.05, 4.69) is 10.6 Å². The minimum Gasteiger partial charge on any atom is -0.480 e. The first-order valence-corrected chi connectivity index (χ1v) is 8.87. The summed E-state index contributed by atoms with van der Waals surface area (Å²) in [4.78, 5) is 46.6. The van der Waals surface area contributed by atoms with Gasteiger partial charge in [-0.3, -0.25) is 19.7 Å². The molecule has 9 nitrogen and oxygen atoms in total.